The molecule has 0 saturated carbocycles. The van der Waals surface area contributed by atoms with Gasteiger partial charge in [0.1, 0.15) is 0 Å². The van der Waals surface area contributed by atoms with E-state index in [1.165, 1.54) is 0 Å². The summed E-state index contributed by atoms with van der Waals surface area (Å²) in [4.78, 5) is 0. The second kappa shape index (κ2) is 8.81. The first-order valence-corrected chi connectivity index (χ1v) is 9.87. The number of hydrazone groups is 2. The van der Waals surface area contributed by atoms with Crippen LogP contribution in [0.2, 0.25) is 0 Å². The highest BCUT2D eigenvalue weighted by atomic mass is 32.2. The van der Waals surface area contributed by atoms with Crippen molar-refractivity contribution in [2.75, 3.05) is 10.0 Å². The Balaban J connectivity index is 2.02. The zero-order valence-electron chi connectivity index (χ0n) is 16.1. The highest BCUT2D eigenvalue weighted by molar-refractivity contribution is 8.00. The van der Waals surface area contributed by atoms with Crippen LogP contribution in [0.3, 0.4) is 0 Å². The third-order valence-electron chi connectivity index (χ3n) is 3.77. The first-order chi connectivity index (χ1) is 13.1. The molecule has 0 radical (unpaired) electrons. The van der Waals surface area contributed by atoms with Crippen molar-refractivity contribution in [3.8, 4) is 0 Å². The van der Waals surface area contributed by atoms with Crippen LogP contribution in [0.4, 0.5) is 11.4 Å². The molecule has 1 heterocycles. The summed E-state index contributed by atoms with van der Waals surface area (Å²) in [5.41, 5.74) is 10.6. The maximum atomic E-state index is 4.45. The smallest absolute Gasteiger partial charge is 0.185 e. The molecule has 6 nitrogen and oxygen atoms in total. The van der Waals surface area contributed by atoms with Crippen molar-refractivity contribution in [3.63, 3.8) is 0 Å². The second-order valence-corrected chi connectivity index (χ2v) is 7.74. The lowest BCUT2D eigenvalue weighted by Crippen LogP contribution is -2.50. The zero-order chi connectivity index (χ0) is 19.2. The quantitative estimate of drug-likeness (QED) is 0.579. The second-order valence-electron chi connectivity index (χ2n) is 6.58. The van der Waals surface area contributed by atoms with Gasteiger partial charge in [-0.3, -0.25) is 10.9 Å². The van der Waals surface area contributed by atoms with Crippen LogP contribution in [0.25, 0.3) is 0 Å². The lowest BCUT2D eigenvalue weighted by atomic mass is 10.3. The number of nitrogens with zero attached hydrogens (tertiary/aromatic N) is 4. The number of hydrogen-bond acceptors (Lipinski definition) is 7. The van der Waals surface area contributed by atoms with E-state index >= 15 is 0 Å². The van der Waals surface area contributed by atoms with Gasteiger partial charge in [0.2, 0.25) is 0 Å². The van der Waals surface area contributed by atoms with Crippen molar-refractivity contribution in [1.82, 2.24) is 10.9 Å². The number of thioether (sulfide) groups is 1. The molecule has 1 aliphatic rings. The molecule has 0 aromatic heterocycles. The third kappa shape index (κ3) is 4.74. The summed E-state index contributed by atoms with van der Waals surface area (Å²) in [5.74, 6) is 0. The highest BCUT2D eigenvalue weighted by Crippen LogP contribution is 2.39. The molecule has 2 aromatic rings. The predicted octanol–water partition coefficient (Wildman–Crippen LogP) is 4.20. The fourth-order valence-electron chi connectivity index (χ4n) is 2.68. The molecular formula is C20H26N6S. The first-order valence-electron chi connectivity index (χ1n) is 8.93. The summed E-state index contributed by atoms with van der Waals surface area (Å²) in [5, 5.41) is 13.3. The SMILES string of the molecule is CC(C)=NNC1SC(NN=C(C)C)N(c2ccccc2)N1c1ccccc1. The van der Waals surface area contributed by atoms with Gasteiger partial charge >= 0.3 is 0 Å². The summed E-state index contributed by atoms with van der Waals surface area (Å²) in [7, 11) is 0. The molecule has 2 unspecified atom stereocenters. The largest absolute Gasteiger partial charge is 0.276 e. The lowest BCUT2D eigenvalue weighted by Gasteiger charge is -2.36. The van der Waals surface area contributed by atoms with Crippen LogP contribution in [0.15, 0.2) is 70.9 Å². The van der Waals surface area contributed by atoms with Crippen molar-refractivity contribution < 1.29 is 0 Å². The van der Waals surface area contributed by atoms with Gasteiger partial charge in [0.05, 0.1) is 11.4 Å². The number of rotatable bonds is 6. The topological polar surface area (TPSA) is 55.3 Å². The Morgan fingerprint density at radius 3 is 1.41 bits per heavy atom. The van der Waals surface area contributed by atoms with Gasteiger partial charge in [-0.25, -0.2) is 10.0 Å². The Kier molecular flexibility index (Phi) is 6.24. The van der Waals surface area contributed by atoms with E-state index in [1.807, 2.05) is 64.1 Å². The van der Waals surface area contributed by atoms with Crippen molar-refractivity contribution in [2.24, 2.45) is 10.2 Å². The van der Waals surface area contributed by atoms with E-state index in [1.54, 1.807) is 11.8 Å². The van der Waals surface area contributed by atoms with Gasteiger partial charge < -0.3 is 0 Å². The average molecular weight is 383 g/mol. The monoisotopic (exact) mass is 382 g/mol. The molecule has 1 aliphatic heterocycles. The van der Waals surface area contributed by atoms with Gasteiger partial charge in [0.15, 0.2) is 11.0 Å². The van der Waals surface area contributed by atoms with E-state index < -0.39 is 0 Å². The Labute approximate surface area is 165 Å². The van der Waals surface area contributed by atoms with Crippen molar-refractivity contribution in [2.45, 2.75) is 38.7 Å². The minimum atomic E-state index is -0.0765. The van der Waals surface area contributed by atoms with Crippen LogP contribution in [-0.4, -0.2) is 22.4 Å². The van der Waals surface area contributed by atoms with E-state index in [0.717, 1.165) is 22.8 Å². The fraction of sp³-hybridized carbons (Fsp3) is 0.300. The third-order valence-corrected chi connectivity index (χ3v) is 4.90. The Hall–Kier alpha value is -2.67. The molecule has 0 spiro atoms. The molecule has 27 heavy (non-hydrogen) atoms. The van der Waals surface area contributed by atoms with Gasteiger partial charge in [-0.15, -0.1) is 0 Å². The van der Waals surface area contributed by atoms with E-state index in [9.17, 15) is 0 Å². The highest BCUT2D eigenvalue weighted by Gasteiger charge is 2.41. The van der Waals surface area contributed by atoms with Crippen LogP contribution >= 0.6 is 11.8 Å². The van der Waals surface area contributed by atoms with Crippen LogP contribution in [0, 0.1) is 0 Å². The Bertz CT molecular complexity index is 717. The van der Waals surface area contributed by atoms with Gasteiger partial charge in [-0.1, -0.05) is 48.2 Å². The summed E-state index contributed by atoms with van der Waals surface area (Å²) >= 11 is 1.72. The summed E-state index contributed by atoms with van der Waals surface area (Å²) in [6.07, 6.45) is 0. The standard InChI is InChI=1S/C20H26N6S/c1-15(2)21-23-19-25(17-11-7-5-8-12-17)26(18-13-9-6-10-14-18)20(27-19)24-22-16(3)4/h5-14,19-20,23-24H,1-4H3. The van der Waals surface area contributed by atoms with Crippen molar-refractivity contribution in [1.29, 1.82) is 0 Å². The molecule has 7 heteroatoms. The van der Waals surface area contributed by atoms with Crippen LogP contribution in [0.1, 0.15) is 27.7 Å². The number of hydrogen-bond donors (Lipinski definition) is 2. The molecule has 1 fully saturated rings. The van der Waals surface area contributed by atoms with Crippen LogP contribution < -0.4 is 20.9 Å². The maximum Gasteiger partial charge on any atom is 0.185 e. The number of anilines is 2. The molecule has 3 rings (SSSR count). The molecular weight excluding hydrogens is 356 g/mol. The number of hydrazine groups is 1. The lowest BCUT2D eigenvalue weighted by molar-refractivity contribution is 0.593. The molecule has 2 N–H and O–H groups in total. The van der Waals surface area contributed by atoms with Gasteiger partial charge in [0, 0.05) is 11.4 Å². The van der Waals surface area contributed by atoms with E-state index in [4.69, 9.17) is 0 Å². The van der Waals surface area contributed by atoms with E-state index in [2.05, 4.69) is 55.3 Å². The molecule has 2 aromatic carbocycles. The van der Waals surface area contributed by atoms with Crippen molar-refractivity contribution in [3.05, 3.63) is 60.7 Å². The minimum absolute atomic E-state index is 0.0765. The van der Waals surface area contributed by atoms with Crippen LogP contribution in [0.5, 0.6) is 0 Å². The first kappa shape index (κ1) is 19.1. The van der Waals surface area contributed by atoms with E-state index in [-0.39, 0.29) is 11.0 Å². The average Bonchev–Trinajstić information content (AvgIpc) is 3.04. The summed E-state index contributed by atoms with van der Waals surface area (Å²) < 4.78 is 0. The van der Waals surface area contributed by atoms with Gasteiger partial charge in [-0.05, 0) is 52.0 Å². The summed E-state index contributed by atoms with van der Waals surface area (Å²) in [6, 6.07) is 20.6. The predicted molar refractivity (Wildman–Crippen MR) is 117 cm³/mol. The Morgan fingerprint density at radius 1 is 0.704 bits per heavy atom. The molecule has 1 saturated heterocycles. The van der Waals surface area contributed by atoms with Gasteiger partial charge in [-0.2, -0.15) is 10.2 Å². The molecule has 0 amide bonds. The zero-order valence-corrected chi connectivity index (χ0v) is 16.9. The molecule has 0 bridgehead atoms. The fourth-order valence-corrected chi connectivity index (χ4v) is 3.83. The minimum Gasteiger partial charge on any atom is -0.276 e. The van der Waals surface area contributed by atoms with Crippen molar-refractivity contribution >= 4 is 34.6 Å². The summed E-state index contributed by atoms with van der Waals surface area (Å²) in [6.45, 7) is 7.92. The number of benzene rings is 2. The normalized spacial score (nSPS) is 18.8. The number of nitrogens with one attached hydrogen (secondary N) is 2. The van der Waals surface area contributed by atoms with Gasteiger partial charge in [0.25, 0.3) is 0 Å². The maximum absolute atomic E-state index is 4.45. The Morgan fingerprint density at radius 2 is 1.07 bits per heavy atom. The van der Waals surface area contributed by atoms with Crippen LogP contribution in [-0.2, 0) is 0 Å². The molecule has 142 valence electrons. The van der Waals surface area contributed by atoms with E-state index in [0.29, 0.717) is 0 Å². The molecule has 2 atom stereocenters. The number of para-hydroxylation sites is 2. The molecule has 0 aliphatic carbocycles.